The van der Waals surface area contributed by atoms with Gasteiger partial charge in [-0.2, -0.15) is 0 Å². The Morgan fingerprint density at radius 1 is 0.565 bits per heavy atom. The molecule has 2 aliphatic rings. The van der Waals surface area contributed by atoms with Gasteiger partial charge in [0.05, 0.1) is 5.54 Å². The quantitative estimate of drug-likeness (QED) is 0.616. The Morgan fingerprint density at radius 3 is 1.43 bits per heavy atom. The molecule has 3 aromatic carbocycles. The first-order valence-electron chi connectivity index (χ1n) is 8.36. The molecule has 2 fully saturated rings. The van der Waals surface area contributed by atoms with Crippen molar-refractivity contribution < 1.29 is 0 Å². The Morgan fingerprint density at radius 2 is 1.00 bits per heavy atom. The molecular weight excluding hydrogens is 278 g/mol. The molecule has 1 aliphatic heterocycles. The first-order valence-corrected chi connectivity index (χ1v) is 8.36. The fourth-order valence-corrected chi connectivity index (χ4v) is 4.50. The average Bonchev–Trinajstić information content (AvgIpc) is 3.54. The van der Waals surface area contributed by atoms with Crippen molar-refractivity contribution in [1.82, 2.24) is 0 Å². The molecule has 1 heteroatoms. The molecule has 1 aliphatic carbocycles. The van der Waals surface area contributed by atoms with E-state index in [1.807, 2.05) is 0 Å². The number of anilines is 1. The summed E-state index contributed by atoms with van der Waals surface area (Å²) in [5.41, 5.74) is 4.42. The van der Waals surface area contributed by atoms with Gasteiger partial charge in [0.25, 0.3) is 0 Å². The molecule has 1 heterocycles. The molecular formula is C22H19N. The van der Waals surface area contributed by atoms with Crippen LogP contribution in [0.3, 0.4) is 0 Å². The molecule has 0 bridgehead atoms. The molecule has 0 aromatic heterocycles. The normalized spacial score (nSPS) is 19.6. The third kappa shape index (κ3) is 1.57. The highest BCUT2D eigenvalue weighted by atomic mass is 15.5. The van der Waals surface area contributed by atoms with Gasteiger partial charge in [-0.1, -0.05) is 78.9 Å². The number of nitrogens with zero attached hydrogens (tertiary/aromatic N) is 1. The Bertz CT molecular complexity index is 780. The van der Waals surface area contributed by atoms with Crippen LogP contribution in [-0.4, -0.2) is 5.54 Å². The Balaban J connectivity index is 1.75. The summed E-state index contributed by atoms with van der Waals surface area (Å²) in [4.78, 5) is 2.64. The van der Waals surface area contributed by atoms with Gasteiger partial charge in [0, 0.05) is 5.69 Å². The molecule has 0 N–H and O–H groups in total. The van der Waals surface area contributed by atoms with Crippen molar-refractivity contribution in [3.8, 4) is 0 Å². The summed E-state index contributed by atoms with van der Waals surface area (Å²) < 4.78 is 0. The van der Waals surface area contributed by atoms with Gasteiger partial charge in [0.1, 0.15) is 5.54 Å². The SMILES string of the molecule is c1ccc(N2C3(CC3)C2(c2ccccc2)c2ccccc2)cc1. The molecule has 1 spiro atoms. The van der Waals surface area contributed by atoms with Crippen molar-refractivity contribution in [2.24, 2.45) is 0 Å². The summed E-state index contributed by atoms with van der Waals surface area (Å²) in [6, 6.07) is 32.9. The summed E-state index contributed by atoms with van der Waals surface area (Å²) in [6.07, 6.45) is 2.54. The van der Waals surface area contributed by atoms with Crippen LogP contribution in [0.5, 0.6) is 0 Å². The predicted molar refractivity (Wildman–Crippen MR) is 94.6 cm³/mol. The molecule has 5 rings (SSSR count). The second-order valence-electron chi connectivity index (χ2n) is 6.65. The number of hydrogen-bond donors (Lipinski definition) is 0. The zero-order valence-electron chi connectivity index (χ0n) is 13.0. The van der Waals surface area contributed by atoms with E-state index >= 15 is 0 Å². The van der Waals surface area contributed by atoms with Crippen LogP contribution in [0, 0.1) is 0 Å². The van der Waals surface area contributed by atoms with Crippen molar-refractivity contribution in [1.29, 1.82) is 0 Å². The molecule has 1 nitrogen and oxygen atoms in total. The third-order valence-corrected chi connectivity index (χ3v) is 5.51. The van der Waals surface area contributed by atoms with E-state index in [4.69, 9.17) is 0 Å². The van der Waals surface area contributed by atoms with Gasteiger partial charge in [0.2, 0.25) is 0 Å². The van der Waals surface area contributed by atoms with Crippen LogP contribution < -0.4 is 4.90 Å². The molecule has 1 saturated carbocycles. The maximum atomic E-state index is 2.64. The molecule has 3 aromatic rings. The van der Waals surface area contributed by atoms with E-state index in [2.05, 4.69) is 95.9 Å². The van der Waals surface area contributed by atoms with E-state index < -0.39 is 0 Å². The smallest absolute Gasteiger partial charge is 0.115 e. The van der Waals surface area contributed by atoms with Gasteiger partial charge in [0.15, 0.2) is 0 Å². The molecule has 112 valence electrons. The van der Waals surface area contributed by atoms with Crippen LogP contribution in [-0.2, 0) is 5.54 Å². The van der Waals surface area contributed by atoms with Gasteiger partial charge in [-0.15, -0.1) is 0 Å². The van der Waals surface area contributed by atoms with Crippen LogP contribution in [0.2, 0.25) is 0 Å². The molecule has 0 unspecified atom stereocenters. The van der Waals surface area contributed by atoms with E-state index in [1.54, 1.807) is 0 Å². The number of rotatable bonds is 3. The van der Waals surface area contributed by atoms with Crippen LogP contribution in [0.15, 0.2) is 91.0 Å². The van der Waals surface area contributed by atoms with Crippen LogP contribution in [0.1, 0.15) is 24.0 Å². The van der Waals surface area contributed by atoms with Gasteiger partial charge in [-0.05, 0) is 36.1 Å². The first kappa shape index (κ1) is 13.0. The topological polar surface area (TPSA) is 3.01 Å². The van der Waals surface area contributed by atoms with E-state index in [-0.39, 0.29) is 11.1 Å². The van der Waals surface area contributed by atoms with E-state index in [0.717, 1.165) is 0 Å². The lowest BCUT2D eigenvalue weighted by atomic mass is 9.86. The van der Waals surface area contributed by atoms with E-state index in [1.165, 1.54) is 29.7 Å². The minimum Gasteiger partial charge on any atom is -0.347 e. The minimum atomic E-state index is -0.00310. The van der Waals surface area contributed by atoms with Crippen molar-refractivity contribution in [2.45, 2.75) is 23.9 Å². The Kier molecular flexibility index (Phi) is 2.52. The Labute approximate surface area is 137 Å². The van der Waals surface area contributed by atoms with Crippen molar-refractivity contribution in [2.75, 3.05) is 4.90 Å². The summed E-state index contributed by atoms with van der Waals surface area (Å²) in [5.74, 6) is 0. The van der Waals surface area contributed by atoms with Gasteiger partial charge >= 0.3 is 0 Å². The Hall–Kier alpha value is -2.54. The van der Waals surface area contributed by atoms with Crippen molar-refractivity contribution >= 4 is 5.69 Å². The highest BCUT2D eigenvalue weighted by molar-refractivity contribution is 5.76. The number of benzene rings is 3. The van der Waals surface area contributed by atoms with Crippen LogP contribution in [0.4, 0.5) is 5.69 Å². The lowest BCUT2D eigenvalue weighted by molar-refractivity contribution is 0.781. The monoisotopic (exact) mass is 297 g/mol. The summed E-state index contributed by atoms with van der Waals surface area (Å²) in [5, 5.41) is 0. The van der Waals surface area contributed by atoms with Crippen molar-refractivity contribution in [3.63, 3.8) is 0 Å². The molecule has 0 atom stereocenters. The summed E-state index contributed by atoms with van der Waals surface area (Å²) in [7, 11) is 0. The molecule has 0 radical (unpaired) electrons. The van der Waals surface area contributed by atoms with Crippen LogP contribution >= 0.6 is 0 Å². The maximum absolute atomic E-state index is 2.64. The third-order valence-electron chi connectivity index (χ3n) is 5.51. The zero-order valence-corrected chi connectivity index (χ0v) is 13.0. The first-order chi connectivity index (χ1) is 11.4. The maximum Gasteiger partial charge on any atom is 0.115 e. The highest BCUT2D eigenvalue weighted by Crippen LogP contribution is 2.75. The van der Waals surface area contributed by atoms with E-state index in [9.17, 15) is 0 Å². The lowest BCUT2D eigenvalue weighted by Crippen LogP contribution is -2.18. The number of hydrogen-bond acceptors (Lipinski definition) is 1. The standard InChI is InChI=1S/C22H19N/c1-4-10-18(11-5-1)22(19-12-6-2-7-13-19)21(16-17-21)23(22)20-14-8-3-9-15-20/h1-15H,16-17H2. The highest BCUT2D eigenvalue weighted by Gasteiger charge is 2.82. The summed E-state index contributed by atoms with van der Waals surface area (Å²) in [6.45, 7) is 0. The fourth-order valence-electron chi connectivity index (χ4n) is 4.50. The van der Waals surface area contributed by atoms with Gasteiger partial charge in [-0.25, -0.2) is 0 Å². The van der Waals surface area contributed by atoms with Gasteiger partial charge < -0.3 is 4.90 Å². The largest absolute Gasteiger partial charge is 0.347 e. The average molecular weight is 297 g/mol. The lowest BCUT2D eigenvalue weighted by Gasteiger charge is -2.20. The predicted octanol–water partition coefficient (Wildman–Crippen LogP) is 4.98. The minimum absolute atomic E-state index is 0.00310. The summed E-state index contributed by atoms with van der Waals surface area (Å²) >= 11 is 0. The van der Waals surface area contributed by atoms with Crippen LogP contribution in [0.25, 0.3) is 0 Å². The van der Waals surface area contributed by atoms with Gasteiger partial charge in [-0.3, -0.25) is 0 Å². The second kappa shape index (κ2) is 4.48. The second-order valence-corrected chi connectivity index (χ2v) is 6.65. The molecule has 0 amide bonds. The number of para-hydroxylation sites is 1. The van der Waals surface area contributed by atoms with E-state index in [0.29, 0.717) is 0 Å². The zero-order chi connectivity index (χ0) is 15.3. The fraction of sp³-hybridized carbons (Fsp3) is 0.182. The molecule has 1 saturated heterocycles. The van der Waals surface area contributed by atoms with Crippen molar-refractivity contribution in [3.05, 3.63) is 102 Å². The molecule has 23 heavy (non-hydrogen) atoms.